The Hall–Kier alpha value is -3.69. The quantitative estimate of drug-likeness (QED) is 0.683. The minimum Gasteiger partial charge on any atom is -0.491 e. The summed E-state index contributed by atoms with van der Waals surface area (Å²) in [6.07, 6.45) is 5.96. The summed E-state index contributed by atoms with van der Waals surface area (Å²) in [7, 11) is 0. The Morgan fingerprint density at radius 2 is 2.09 bits per heavy atom. The maximum atomic E-state index is 12.8. The molecule has 3 aliphatic rings. The van der Waals surface area contributed by atoms with Crippen LogP contribution in [0, 0.1) is 0 Å². The van der Waals surface area contributed by atoms with Crippen LogP contribution in [-0.4, -0.2) is 63.6 Å². The van der Waals surface area contributed by atoms with Crippen LogP contribution >= 0.6 is 0 Å². The monoisotopic (exact) mass is 452 g/mol. The molecule has 2 atom stereocenters. The summed E-state index contributed by atoms with van der Waals surface area (Å²) in [5, 5.41) is 2.31. The molecule has 2 unspecified atom stereocenters. The summed E-state index contributed by atoms with van der Waals surface area (Å²) < 4.78 is 11.2. The van der Waals surface area contributed by atoms with E-state index in [1.807, 2.05) is 6.07 Å². The molecule has 2 fully saturated rings. The van der Waals surface area contributed by atoms with Crippen molar-refractivity contribution < 1.29 is 28.3 Å². The fourth-order valence-electron chi connectivity index (χ4n) is 4.74. The van der Waals surface area contributed by atoms with E-state index in [4.69, 9.17) is 9.15 Å². The number of carbonyl (C=O) groups is 4. The maximum absolute atomic E-state index is 12.8. The van der Waals surface area contributed by atoms with Crippen molar-refractivity contribution in [3.8, 4) is 5.75 Å². The molecule has 0 aliphatic carbocycles. The molecule has 0 bridgehead atoms. The zero-order valence-electron chi connectivity index (χ0n) is 18.0. The number of hydrogen-bond acceptors (Lipinski definition) is 7. The molecule has 4 heterocycles. The second-order valence-corrected chi connectivity index (χ2v) is 8.54. The van der Waals surface area contributed by atoms with Crippen molar-refractivity contribution in [2.75, 3.05) is 13.2 Å². The first kappa shape index (κ1) is 21.2. The highest BCUT2D eigenvalue weighted by molar-refractivity contribution is 6.05. The van der Waals surface area contributed by atoms with Crippen LogP contribution in [0.3, 0.4) is 0 Å². The summed E-state index contributed by atoms with van der Waals surface area (Å²) in [5.74, 6) is -0.342. The molecule has 0 radical (unpaired) electrons. The third kappa shape index (κ3) is 4.08. The Bertz CT molecular complexity index is 1100. The van der Waals surface area contributed by atoms with Crippen LogP contribution in [0.4, 0.5) is 0 Å². The number of oxazole rings is 1. The molecule has 1 aromatic heterocycles. The van der Waals surface area contributed by atoms with E-state index in [0.29, 0.717) is 30.9 Å². The molecule has 5 rings (SSSR count). The molecule has 172 valence electrons. The van der Waals surface area contributed by atoms with Gasteiger partial charge in [0.15, 0.2) is 6.39 Å². The average molecular weight is 452 g/mol. The standard InChI is InChI=1S/C23H24N4O6/c28-20-7-6-18(21(29)25-20)27-11-14-9-16(4-5-17(14)22(27)30)32-12-15-3-1-2-8-26(15)23(31)19-10-24-13-33-19/h4-5,9-10,13,15,18H,1-3,6-8,11-12H2,(H,25,28,29). The van der Waals surface area contributed by atoms with E-state index in [2.05, 4.69) is 10.3 Å². The van der Waals surface area contributed by atoms with Gasteiger partial charge in [0.25, 0.3) is 11.8 Å². The Labute approximate surface area is 189 Å². The molecule has 3 aliphatic heterocycles. The predicted octanol–water partition coefficient (Wildman–Crippen LogP) is 1.51. The van der Waals surface area contributed by atoms with Gasteiger partial charge in [-0.2, -0.15) is 0 Å². The van der Waals surface area contributed by atoms with Crippen molar-refractivity contribution in [2.45, 2.75) is 50.7 Å². The van der Waals surface area contributed by atoms with E-state index >= 15 is 0 Å². The highest BCUT2D eigenvalue weighted by Crippen LogP contribution is 2.30. The number of fused-ring (bicyclic) bond motifs is 1. The zero-order chi connectivity index (χ0) is 22.9. The molecule has 2 aromatic rings. The number of hydrogen-bond donors (Lipinski definition) is 1. The zero-order valence-corrected chi connectivity index (χ0v) is 18.0. The second kappa shape index (κ2) is 8.68. The van der Waals surface area contributed by atoms with Crippen molar-refractivity contribution in [3.05, 3.63) is 47.7 Å². The molecule has 0 saturated carbocycles. The number of likely N-dealkylation sites (tertiary alicyclic amines) is 1. The van der Waals surface area contributed by atoms with E-state index < -0.39 is 11.9 Å². The Morgan fingerprint density at radius 1 is 1.21 bits per heavy atom. The van der Waals surface area contributed by atoms with Gasteiger partial charge < -0.3 is 19.0 Å². The first-order valence-corrected chi connectivity index (χ1v) is 11.1. The van der Waals surface area contributed by atoms with Gasteiger partial charge in [0.2, 0.25) is 17.6 Å². The van der Waals surface area contributed by atoms with Crippen LogP contribution in [0.1, 0.15) is 58.6 Å². The van der Waals surface area contributed by atoms with Crippen molar-refractivity contribution in [2.24, 2.45) is 0 Å². The number of benzene rings is 1. The third-order valence-electron chi connectivity index (χ3n) is 6.47. The average Bonchev–Trinajstić information content (AvgIpc) is 3.46. The number of imide groups is 1. The topological polar surface area (TPSA) is 122 Å². The van der Waals surface area contributed by atoms with E-state index in [-0.39, 0.29) is 42.5 Å². The van der Waals surface area contributed by atoms with Gasteiger partial charge in [-0.15, -0.1) is 0 Å². The second-order valence-electron chi connectivity index (χ2n) is 8.54. The van der Waals surface area contributed by atoms with E-state index in [1.165, 1.54) is 17.5 Å². The van der Waals surface area contributed by atoms with Gasteiger partial charge in [-0.05, 0) is 49.4 Å². The van der Waals surface area contributed by atoms with E-state index in [0.717, 1.165) is 24.8 Å². The number of amides is 4. The molecule has 33 heavy (non-hydrogen) atoms. The van der Waals surface area contributed by atoms with Crippen molar-refractivity contribution in [1.29, 1.82) is 0 Å². The molecule has 10 nitrogen and oxygen atoms in total. The van der Waals surface area contributed by atoms with E-state index in [9.17, 15) is 19.2 Å². The summed E-state index contributed by atoms with van der Waals surface area (Å²) in [6.45, 7) is 1.24. The van der Waals surface area contributed by atoms with Crippen LogP contribution in [-0.2, 0) is 16.1 Å². The molecule has 1 aromatic carbocycles. The minimum atomic E-state index is -0.648. The van der Waals surface area contributed by atoms with E-state index in [1.54, 1.807) is 17.0 Å². The first-order chi connectivity index (χ1) is 16.0. The number of nitrogens with one attached hydrogen (secondary N) is 1. The lowest BCUT2D eigenvalue weighted by molar-refractivity contribution is -0.136. The van der Waals surface area contributed by atoms with Gasteiger partial charge in [0.05, 0.1) is 12.2 Å². The number of carbonyl (C=O) groups excluding carboxylic acids is 4. The van der Waals surface area contributed by atoms with Gasteiger partial charge in [-0.25, -0.2) is 4.98 Å². The predicted molar refractivity (Wildman–Crippen MR) is 113 cm³/mol. The number of aromatic nitrogens is 1. The molecule has 10 heteroatoms. The lowest BCUT2D eigenvalue weighted by Gasteiger charge is -2.34. The fraction of sp³-hybridized carbons (Fsp3) is 0.435. The first-order valence-electron chi connectivity index (χ1n) is 11.1. The van der Waals surface area contributed by atoms with Gasteiger partial charge in [-0.3, -0.25) is 24.5 Å². The molecule has 1 N–H and O–H groups in total. The SMILES string of the molecule is O=C1CCC(N2Cc3cc(OCC4CCCCN4C(=O)c4cnco4)ccc3C2=O)C(=O)N1. The molecule has 4 amide bonds. The van der Waals surface area contributed by atoms with Gasteiger partial charge >= 0.3 is 0 Å². The Morgan fingerprint density at radius 3 is 2.88 bits per heavy atom. The van der Waals surface area contributed by atoms with Crippen LogP contribution < -0.4 is 10.1 Å². The maximum Gasteiger partial charge on any atom is 0.291 e. The summed E-state index contributed by atoms with van der Waals surface area (Å²) in [5.41, 5.74) is 1.31. The smallest absolute Gasteiger partial charge is 0.291 e. The largest absolute Gasteiger partial charge is 0.491 e. The minimum absolute atomic E-state index is 0.0915. The fourth-order valence-corrected chi connectivity index (χ4v) is 4.74. The van der Waals surface area contributed by atoms with Crippen LogP contribution in [0.15, 0.2) is 35.2 Å². The van der Waals surface area contributed by atoms with Gasteiger partial charge in [0.1, 0.15) is 18.4 Å². The lowest BCUT2D eigenvalue weighted by atomic mass is 10.0. The van der Waals surface area contributed by atoms with Crippen molar-refractivity contribution in [1.82, 2.24) is 20.1 Å². The number of rotatable bonds is 5. The highest BCUT2D eigenvalue weighted by atomic mass is 16.5. The molecule has 2 saturated heterocycles. The van der Waals surface area contributed by atoms with Crippen molar-refractivity contribution >= 4 is 23.6 Å². The summed E-state index contributed by atoms with van der Waals surface area (Å²) in [4.78, 5) is 56.3. The highest BCUT2D eigenvalue weighted by Gasteiger charge is 2.39. The Kier molecular flexibility index (Phi) is 5.57. The normalized spacial score (nSPS) is 22.8. The van der Waals surface area contributed by atoms with Gasteiger partial charge in [0, 0.05) is 25.1 Å². The van der Waals surface area contributed by atoms with Crippen LogP contribution in [0.2, 0.25) is 0 Å². The van der Waals surface area contributed by atoms with Crippen molar-refractivity contribution in [3.63, 3.8) is 0 Å². The third-order valence-corrected chi connectivity index (χ3v) is 6.47. The summed E-state index contributed by atoms with van der Waals surface area (Å²) in [6, 6.07) is 4.51. The van der Waals surface area contributed by atoms with Gasteiger partial charge in [-0.1, -0.05) is 0 Å². The molecular formula is C23H24N4O6. The number of ether oxygens (including phenoxy) is 1. The molecule has 0 spiro atoms. The number of piperidine rings is 2. The number of nitrogens with zero attached hydrogens (tertiary/aromatic N) is 3. The lowest BCUT2D eigenvalue weighted by Crippen LogP contribution is -2.52. The summed E-state index contributed by atoms with van der Waals surface area (Å²) >= 11 is 0. The Balaban J connectivity index is 1.25. The van der Waals surface area contributed by atoms with Crippen LogP contribution in [0.25, 0.3) is 0 Å². The van der Waals surface area contributed by atoms with Crippen LogP contribution in [0.5, 0.6) is 5.75 Å². The molecular weight excluding hydrogens is 428 g/mol.